The van der Waals surface area contributed by atoms with Crippen LogP contribution in [0.25, 0.3) is 5.57 Å². The Kier molecular flexibility index (Phi) is 5.22. The number of nitrogens with one attached hydrogen (secondary N) is 1. The number of unbranched alkanes of at least 4 members (excludes halogenated alkanes) is 1. The number of aromatic amines is 1. The summed E-state index contributed by atoms with van der Waals surface area (Å²) in [4.78, 5) is 7.25. The van der Waals surface area contributed by atoms with Crippen LogP contribution in [0.4, 0.5) is 4.39 Å². The molecule has 0 unspecified atom stereocenters. The fourth-order valence-corrected chi connectivity index (χ4v) is 2.85. The van der Waals surface area contributed by atoms with Gasteiger partial charge in [-0.15, -0.1) is 0 Å². The quantitative estimate of drug-likeness (QED) is 0.612. The maximum atomic E-state index is 13.2. The van der Waals surface area contributed by atoms with Crippen molar-refractivity contribution >= 4 is 5.57 Å². The number of imidazole rings is 1. The Labute approximate surface area is 142 Å². The lowest BCUT2D eigenvalue weighted by Gasteiger charge is -2.07. The summed E-state index contributed by atoms with van der Waals surface area (Å²) in [6, 6.07) is 15.1. The molecule has 0 aliphatic rings. The molecule has 0 aliphatic carbocycles. The van der Waals surface area contributed by atoms with E-state index in [0.717, 1.165) is 36.1 Å². The van der Waals surface area contributed by atoms with Gasteiger partial charge in [-0.3, -0.25) is 0 Å². The Morgan fingerprint density at radius 3 is 2.62 bits per heavy atom. The molecule has 0 atom stereocenters. The van der Waals surface area contributed by atoms with E-state index in [1.807, 2.05) is 12.1 Å². The predicted octanol–water partition coefficient (Wildman–Crippen LogP) is 5.31. The van der Waals surface area contributed by atoms with E-state index in [1.54, 1.807) is 12.5 Å². The maximum absolute atomic E-state index is 13.2. The molecule has 24 heavy (non-hydrogen) atoms. The summed E-state index contributed by atoms with van der Waals surface area (Å²) in [7, 11) is 0. The number of hydrogen-bond donors (Lipinski definition) is 1. The van der Waals surface area contributed by atoms with Crippen LogP contribution in [0.1, 0.15) is 35.2 Å². The Hall–Kier alpha value is -2.68. The van der Waals surface area contributed by atoms with Crippen LogP contribution in [0.2, 0.25) is 0 Å². The minimum absolute atomic E-state index is 0.220. The van der Waals surface area contributed by atoms with Gasteiger partial charge in [-0.05, 0) is 55.0 Å². The second-order valence-electron chi connectivity index (χ2n) is 5.91. The van der Waals surface area contributed by atoms with Gasteiger partial charge in [0.15, 0.2) is 0 Å². The summed E-state index contributed by atoms with van der Waals surface area (Å²) in [5.74, 6) is -0.220. The average Bonchev–Trinajstić information content (AvgIpc) is 3.12. The number of rotatable bonds is 6. The first-order chi connectivity index (χ1) is 11.7. The van der Waals surface area contributed by atoms with Crippen molar-refractivity contribution in [3.8, 4) is 0 Å². The normalized spacial score (nSPS) is 11.7. The summed E-state index contributed by atoms with van der Waals surface area (Å²) >= 11 is 0. The zero-order valence-corrected chi connectivity index (χ0v) is 13.8. The standard InChI is InChI=1S/C21H21FN2/c1-16-6-2-3-7-17(16)8-4-5-9-20(21-14-23-15-24-21)18-10-12-19(22)13-11-18/h2-3,6-7,9-15H,4-5,8H2,1H3,(H,23,24)/b20-9+. The smallest absolute Gasteiger partial charge is 0.123 e. The SMILES string of the molecule is Cc1ccccc1CCC/C=C(\c1ccc(F)cc1)c1cnc[nH]1. The van der Waals surface area contributed by atoms with E-state index in [-0.39, 0.29) is 5.82 Å². The minimum atomic E-state index is -0.220. The fourth-order valence-electron chi connectivity index (χ4n) is 2.85. The van der Waals surface area contributed by atoms with Gasteiger partial charge in [0.2, 0.25) is 0 Å². The zero-order chi connectivity index (χ0) is 16.8. The maximum Gasteiger partial charge on any atom is 0.123 e. The number of aryl methyl sites for hydroxylation is 2. The first-order valence-corrected chi connectivity index (χ1v) is 8.23. The Balaban J connectivity index is 1.73. The van der Waals surface area contributed by atoms with Gasteiger partial charge < -0.3 is 4.98 Å². The van der Waals surface area contributed by atoms with Crippen LogP contribution in [-0.2, 0) is 6.42 Å². The Morgan fingerprint density at radius 1 is 1.12 bits per heavy atom. The molecule has 3 aromatic rings. The molecule has 0 saturated carbocycles. The summed E-state index contributed by atoms with van der Waals surface area (Å²) in [5.41, 5.74) is 5.76. The third kappa shape index (κ3) is 3.99. The highest BCUT2D eigenvalue weighted by molar-refractivity contribution is 5.77. The van der Waals surface area contributed by atoms with Gasteiger partial charge in [0.05, 0.1) is 18.2 Å². The van der Waals surface area contributed by atoms with E-state index < -0.39 is 0 Å². The van der Waals surface area contributed by atoms with Crippen LogP contribution in [0.3, 0.4) is 0 Å². The highest BCUT2D eigenvalue weighted by Gasteiger charge is 2.06. The first kappa shape index (κ1) is 16.2. The first-order valence-electron chi connectivity index (χ1n) is 8.23. The lowest BCUT2D eigenvalue weighted by Crippen LogP contribution is -1.91. The molecule has 0 saturated heterocycles. The molecule has 1 heterocycles. The summed E-state index contributed by atoms with van der Waals surface area (Å²) in [6.07, 6.45) is 8.77. The second kappa shape index (κ2) is 7.73. The molecule has 0 aliphatic heterocycles. The molecule has 0 bridgehead atoms. The van der Waals surface area contributed by atoms with Crippen molar-refractivity contribution in [2.45, 2.75) is 26.2 Å². The topological polar surface area (TPSA) is 28.7 Å². The summed E-state index contributed by atoms with van der Waals surface area (Å²) in [6.45, 7) is 2.15. The molecule has 3 heteroatoms. The molecule has 0 spiro atoms. The highest BCUT2D eigenvalue weighted by Crippen LogP contribution is 2.23. The predicted molar refractivity (Wildman–Crippen MR) is 96.2 cm³/mol. The molecule has 122 valence electrons. The van der Waals surface area contributed by atoms with Crippen molar-refractivity contribution in [3.05, 3.63) is 95.3 Å². The Morgan fingerprint density at radius 2 is 1.92 bits per heavy atom. The third-order valence-corrected chi connectivity index (χ3v) is 4.20. The van der Waals surface area contributed by atoms with Gasteiger partial charge in [-0.1, -0.05) is 42.5 Å². The molecule has 2 aromatic carbocycles. The van der Waals surface area contributed by atoms with Gasteiger partial charge in [0.25, 0.3) is 0 Å². The second-order valence-corrected chi connectivity index (χ2v) is 5.91. The van der Waals surface area contributed by atoms with Gasteiger partial charge >= 0.3 is 0 Å². The van der Waals surface area contributed by atoms with Crippen LogP contribution >= 0.6 is 0 Å². The van der Waals surface area contributed by atoms with Crippen molar-refractivity contribution in [1.82, 2.24) is 9.97 Å². The average molecular weight is 320 g/mol. The van der Waals surface area contributed by atoms with Crippen LogP contribution in [0.5, 0.6) is 0 Å². The van der Waals surface area contributed by atoms with Crippen molar-refractivity contribution in [2.24, 2.45) is 0 Å². The number of aromatic nitrogens is 2. The largest absolute Gasteiger partial charge is 0.345 e. The molecule has 0 amide bonds. The van der Waals surface area contributed by atoms with E-state index in [1.165, 1.54) is 23.3 Å². The number of halogens is 1. The van der Waals surface area contributed by atoms with Crippen LogP contribution in [-0.4, -0.2) is 9.97 Å². The molecule has 0 radical (unpaired) electrons. The van der Waals surface area contributed by atoms with Crippen molar-refractivity contribution < 1.29 is 4.39 Å². The van der Waals surface area contributed by atoms with Crippen LogP contribution < -0.4 is 0 Å². The van der Waals surface area contributed by atoms with Gasteiger partial charge in [0.1, 0.15) is 5.82 Å². The van der Waals surface area contributed by atoms with Gasteiger partial charge in [-0.25, -0.2) is 9.37 Å². The van der Waals surface area contributed by atoms with Crippen molar-refractivity contribution in [1.29, 1.82) is 0 Å². The lowest BCUT2D eigenvalue weighted by atomic mass is 9.99. The lowest BCUT2D eigenvalue weighted by molar-refractivity contribution is 0.627. The molecule has 1 N–H and O–H groups in total. The van der Waals surface area contributed by atoms with Crippen molar-refractivity contribution in [2.75, 3.05) is 0 Å². The molecule has 0 fully saturated rings. The summed E-state index contributed by atoms with van der Waals surface area (Å²) < 4.78 is 13.2. The van der Waals surface area contributed by atoms with E-state index >= 15 is 0 Å². The van der Waals surface area contributed by atoms with Gasteiger partial charge in [-0.2, -0.15) is 0 Å². The number of nitrogens with zero attached hydrogens (tertiary/aromatic N) is 1. The van der Waals surface area contributed by atoms with E-state index in [4.69, 9.17) is 0 Å². The number of H-pyrrole nitrogens is 1. The zero-order valence-electron chi connectivity index (χ0n) is 13.8. The van der Waals surface area contributed by atoms with Gasteiger partial charge in [0, 0.05) is 5.57 Å². The third-order valence-electron chi connectivity index (χ3n) is 4.20. The molecule has 3 rings (SSSR count). The van der Waals surface area contributed by atoms with E-state index in [9.17, 15) is 4.39 Å². The molecule has 2 nitrogen and oxygen atoms in total. The minimum Gasteiger partial charge on any atom is -0.345 e. The van der Waals surface area contributed by atoms with Crippen LogP contribution in [0, 0.1) is 12.7 Å². The Bertz CT molecular complexity index is 802. The number of allylic oxidation sites excluding steroid dienone is 1. The summed E-state index contributed by atoms with van der Waals surface area (Å²) in [5, 5.41) is 0. The highest BCUT2D eigenvalue weighted by atomic mass is 19.1. The molecule has 1 aromatic heterocycles. The molecular weight excluding hydrogens is 299 g/mol. The monoisotopic (exact) mass is 320 g/mol. The fraction of sp³-hybridized carbons (Fsp3) is 0.190. The van der Waals surface area contributed by atoms with E-state index in [2.05, 4.69) is 47.2 Å². The number of hydrogen-bond acceptors (Lipinski definition) is 1. The number of benzene rings is 2. The van der Waals surface area contributed by atoms with Crippen LogP contribution in [0.15, 0.2) is 67.1 Å². The van der Waals surface area contributed by atoms with E-state index in [0.29, 0.717) is 0 Å². The molecular formula is C21H21FN2. The van der Waals surface area contributed by atoms with Crippen molar-refractivity contribution in [3.63, 3.8) is 0 Å².